The zero-order valence-corrected chi connectivity index (χ0v) is 11.3. The van der Waals surface area contributed by atoms with Crippen LogP contribution in [-0.4, -0.2) is 23.5 Å². The van der Waals surface area contributed by atoms with Gasteiger partial charge >= 0.3 is 6.18 Å². The molecule has 8 heteroatoms. The van der Waals surface area contributed by atoms with Crippen molar-refractivity contribution in [1.29, 1.82) is 5.26 Å². The van der Waals surface area contributed by atoms with Gasteiger partial charge in [-0.1, -0.05) is 18.2 Å². The minimum atomic E-state index is -5.16. The molecular formula is C14H10F3N3O2. The van der Waals surface area contributed by atoms with Gasteiger partial charge in [0.15, 0.2) is 0 Å². The van der Waals surface area contributed by atoms with Crippen LogP contribution in [-0.2, 0) is 4.79 Å². The van der Waals surface area contributed by atoms with E-state index in [0.717, 1.165) is 0 Å². The lowest BCUT2D eigenvalue weighted by molar-refractivity contribution is -0.184. The summed E-state index contributed by atoms with van der Waals surface area (Å²) in [6.45, 7) is 1.17. The SMILES string of the molecule is CC1=C(C#N)[C@](NC(=O)c2ccccc2)(C(F)(F)F)C(=O)N1. The van der Waals surface area contributed by atoms with Gasteiger partial charge < -0.3 is 10.6 Å². The van der Waals surface area contributed by atoms with Crippen molar-refractivity contribution < 1.29 is 22.8 Å². The van der Waals surface area contributed by atoms with Crippen molar-refractivity contribution in [3.63, 3.8) is 0 Å². The minimum Gasteiger partial charge on any atom is -0.326 e. The molecule has 2 rings (SSSR count). The molecule has 1 aliphatic heterocycles. The zero-order valence-electron chi connectivity index (χ0n) is 11.3. The fourth-order valence-electron chi connectivity index (χ4n) is 2.18. The molecule has 0 unspecified atom stereocenters. The summed E-state index contributed by atoms with van der Waals surface area (Å²) in [7, 11) is 0. The van der Waals surface area contributed by atoms with E-state index in [1.54, 1.807) is 11.4 Å². The molecule has 114 valence electrons. The quantitative estimate of drug-likeness (QED) is 0.871. The minimum absolute atomic E-state index is 0.0548. The topological polar surface area (TPSA) is 82.0 Å². The highest BCUT2D eigenvalue weighted by atomic mass is 19.4. The van der Waals surface area contributed by atoms with Crippen LogP contribution in [0.3, 0.4) is 0 Å². The van der Waals surface area contributed by atoms with Crippen LogP contribution in [0.2, 0.25) is 0 Å². The molecule has 1 aromatic rings. The Morgan fingerprint density at radius 2 is 1.91 bits per heavy atom. The highest BCUT2D eigenvalue weighted by Crippen LogP contribution is 2.40. The first-order valence-electron chi connectivity index (χ1n) is 6.11. The van der Waals surface area contributed by atoms with E-state index in [9.17, 15) is 22.8 Å². The van der Waals surface area contributed by atoms with Crippen molar-refractivity contribution in [2.24, 2.45) is 0 Å². The highest BCUT2D eigenvalue weighted by molar-refractivity contribution is 6.04. The van der Waals surface area contributed by atoms with Crippen LogP contribution in [0, 0.1) is 11.3 Å². The molecule has 0 saturated carbocycles. The maximum absolute atomic E-state index is 13.5. The van der Waals surface area contributed by atoms with Crippen molar-refractivity contribution in [3.8, 4) is 6.07 Å². The van der Waals surface area contributed by atoms with Gasteiger partial charge in [-0.3, -0.25) is 9.59 Å². The molecule has 0 radical (unpaired) electrons. The molecule has 0 aliphatic carbocycles. The number of amides is 2. The molecule has 5 nitrogen and oxygen atoms in total. The van der Waals surface area contributed by atoms with Crippen molar-refractivity contribution in [1.82, 2.24) is 10.6 Å². The number of hydrogen-bond acceptors (Lipinski definition) is 3. The largest absolute Gasteiger partial charge is 0.425 e. The second-order valence-electron chi connectivity index (χ2n) is 4.63. The molecule has 0 fully saturated rings. The van der Waals surface area contributed by atoms with E-state index < -0.39 is 29.1 Å². The summed E-state index contributed by atoms with van der Waals surface area (Å²) in [5.74, 6) is -2.60. The first-order chi connectivity index (χ1) is 10.2. The molecule has 2 N–H and O–H groups in total. The van der Waals surface area contributed by atoms with Crippen LogP contribution < -0.4 is 10.6 Å². The first kappa shape index (κ1) is 15.6. The molecule has 1 atom stereocenters. The van der Waals surface area contributed by atoms with E-state index in [0.29, 0.717) is 0 Å². The van der Waals surface area contributed by atoms with Gasteiger partial charge in [0, 0.05) is 11.3 Å². The number of nitrogens with zero attached hydrogens (tertiary/aromatic N) is 1. The third-order valence-electron chi connectivity index (χ3n) is 3.27. The van der Waals surface area contributed by atoms with Crippen molar-refractivity contribution in [2.45, 2.75) is 18.6 Å². The van der Waals surface area contributed by atoms with E-state index in [2.05, 4.69) is 0 Å². The maximum atomic E-state index is 13.5. The van der Waals surface area contributed by atoms with Crippen LogP contribution in [0.4, 0.5) is 13.2 Å². The van der Waals surface area contributed by atoms with Crippen LogP contribution in [0.25, 0.3) is 0 Å². The van der Waals surface area contributed by atoms with Gasteiger partial charge in [-0.25, -0.2) is 0 Å². The Hall–Kier alpha value is -2.82. The summed E-state index contributed by atoms with van der Waals surface area (Å²) >= 11 is 0. The van der Waals surface area contributed by atoms with Gasteiger partial charge in [-0.15, -0.1) is 0 Å². The monoisotopic (exact) mass is 309 g/mol. The molecule has 0 saturated heterocycles. The molecule has 0 spiro atoms. The fraction of sp³-hybridized carbons (Fsp3) is 0.214. The number of rotatable bonds is 2. The molecule has 22 heavy (non-hydrogen) atoms. The van der Waals surface area contributed by atoms with Crippen LogP contribution >= 0.6 is 0 Å². The van der Waals surface area contributed by atoms with Crippen LogP contribution in [0.5, 0.6) is 0 Å². The molecule has 0 aromatic heterocycles. The third-order valence-corrected chi connectivity index (χ3v) is 3.27. The van der Waals surface area contributed by atoms with Crippen molar-refractivity contribution in [3.05, 3.63) is 47.2 Å². The zero-order chi connectivity index (χ0) is 16.5. The molecule has 1 aromatic carbocycles. The van der Waals surface area contributed by atoms with Gasteiger partial charge in [0.05, 0.1) is 11.6 Å². The summed E-state index contributed by atoms with van der Waals surface area (Å²) in [6, 6.07) is 8.48. The van der Waals surface area contributed by atoms with Gasteiger partial charge in [-0.2, -0.15) is 18.4 Å². The van der Waals surface area contributed by atoms with Crippen molar-refractivity contribution in [2.75, 3.05) is 0 Å². The molecule has 2 amide bonds. The molecule has 1 heterocycles. The van der Waals surface area contributed by atoms with E-state index in [1.807, 2.05) is 5.32 Å². The predicted molar refractivity (Wildman–Crippen MR) is 69.1 cm³/mol. The van der Waals surface area contributed by atoms with Crippen LogP contribution in [0.15, 0.2) is 41.6 Å². The van der Waals surface area contributed by atoms with E-state index in [1.165, 1.54) is 37.3 Å². The van der Waals surface area contributed by atoms with E-state index in [-0.39, 0.29) is 11.3 Å². The number of alkyl halides is 3. The molecular weight excluding hydrogens is 299 g/mol. The van der Waals surface area contributed by atoms with Gasteiger partial charge in [0.25, 0.3) is 17.4 Å². The summed E-state index contributed by atoms with van der Waals surface area (Å²) in [4.78, 5) is 23.9. The lowest BCUT2D eigenvalue weighted by atomic mass is 9.90. The van der Waals surface area contributed by atoms with Gasteiger partial charge in [0.2, 0.25) is 0 Å². The number of benzene rings is 1. The number of hydrogen-bond donors (Lipinski definition) is 2. The fourth-order valence-corrected chi connectivity index (χ4v) is 2.18. The second kappa shape index (κ2) is 5.18. The number of halogens is 3. The predicted octanol–water partition coefficient (Wildman–Crippen LogP) is 1.64. The van der Waals surface area contributed by atoms with E-state index in [4.69, 9.17) is 5.26 Å². The Kier molecular flexibility index (Phi) is 3.67. The van der Waals surface area contributed by atoms with Gasteiger partial charge in [0.1, 0.15) is 0 Å². The number of nitriles is 1. The number of carbonyl (C=O) groups is 2. The average Bonchev–Trinajstić information content (AvgIpc) is 2.70. The summed E-state index contributed by atoms with van der Waals surface area (Å²) in [6.07, 6.45) is -5.16. The maximum Gasteiger partial charge on any atom is 0.425 e. The van der Waals surface area contributed by atoms with Gasteiger partial charge in [-0.05, 0) is 19.1 Å². The highest BCUT2D eigenvalue weighted by Gasteiger charge is 2.67. The Bertz CT molecular complexity index is 704. The number of allylic oxidation sites excluding steroid dienone is 1. The number of nitrogens with one attached hydrogen (secondary N) is 2. The summed E-state index contributed by atoms with van der Waals surface area (Å²) in [5, 5.41) is 12.6. The van der Waals surface area contributed by atoms with Crippen molar-refractivity contribution >= 4 is 11.8 Å². The smallest absolute Gasteiger partial charge is 0.326 e. The lowest BCUT2D eigenvalue weighted by Gasteiger charge is -2.30. The Morgan fingerprint density at radius 3 is 2.41 bits per heavy atom. The normalized spacial score (nSPS) is 21.3. The first-order valence-corrected chi connectivity index (χ1v) is 6.11. The number of carbonyl (C=O) groups excluding carboxylic acids is 2. The Labute approximate surface area is 123 Å². The third kappa shape index (κ3) is 2.20. The Balaban J connectivity index is 2.52. The van der Waals surface area contributed by atoms with E-state index >= 15 is 0 Å². The summed E-state index contributed by atoms with van der Waals surface area (Å²) < 4.78 is 40.5. The summed E-state index contributed by atoms with van der Waals surface area (Å²) in [5.41, 5.74) is -4.54. The second-order valence-corrected chi connectivity index (χ2v) is 4.63. The van der Waals surface area contributed by atoms with Crippen LogP contribution in [0.1, 0.15) is 17.3 Å². The molecule has 1 aliphatic rings. The average molecular weight is 309 g/mol. The lowest BCUT2D eigenvalue weighted by Crippen LogP contribution is -2.64. The Morgan fingerprint density at radius 1 is 1.32 bits per heavy atom. The standard InChI is InChI=1S/C14H10F3N3O2/c1-8-10(7-18)13(12(22)19-8,14(15,16)17)20-11(21)9-5-3-2-4-6-9/h2-6H,1H3,(H,19,22)(H,20,21)/t13-/m1/s1. The molecule has 0 bridgehead atoms.